The molecule has 3 rings (SSSR count). The molecule has 1 atom stereocenters. The fourth-order valence-corrected chi connectivity index (χ4v) is 3.67. The van der Waals surface area contributed by atoms with Gasteiger partial charge >= 0.3 is 5.97 Å². The zero-order chi connectivity index (χ0) is 20.7. The molecule has 0 amide bonds. The smallest absolute Gasteiger partial charge is 0.323 e. The molecule has 28 heavy (non-hydrogen) atoms. The van der Waals surface area contributed by atoms with Crippen LogP contribution in [0.25, 0.3) is 0 Å². The van der Waals surface area contributed by atoms with E-state index in [-0.39, 0.29) is 22.7 Å². The summed E-state index contributed by atoms with van der Waals surface area (Å²) in [6.45, 7) is 13.4. The summed E-state index contributed by atoms with van der Waals surface area (Å²) >= 11 is 0. The van der Waals surface area contributed by atoms with Crippen molar-refractivity contribution in [1.82, 2.24) is 0 Å². The van der Waals surface area contributed by atoms with Gasteiger partial charge in [0.05, 0.1) is 7.11 Å². The highest BCUT2D eigenvalue weighted by Gasteiger charge is 2.40. The van der Waals surface area contributed by atoms with E-state index in [0.29, 0.717) is 0 Å². The van der Waals surface area contributed by atoms with E-state index in [0.717, 1.165) is 41.0 Å². The fourth-order valence-electron chi connectivity index (χ4n) is 3.67. The van der Waals surface area contributed by atoms with Gasteiger partial charge in [0, 0.05) is 11.1 Å². The minimum Gasteiger partial charge on any atom is -0.497 e. The van der Waals surface area contributed by atoms with Gasteiger partial charge in [0.15, 0.2) is 0 Å². The lowest BCUT2D eigenvalue weighted by molar-refractivity contribution is -0.133. The molecule has 2 aromatic carbocycles. The van der Waals surface area contributed by atoms with Gasteiger partial charge in [0.1, 0.15) is 17.4 Å². The highest BCUT2D eigenvalue weighted by atomic mass is 16.5. The van der Waals surface area contributed by atoms with Crippen molar-refractivity contribution in [1.29, 1.82) is 0 Å². The predicted molar refractivity (Wildman–Crippen MR) is 114 cm³/mol. The molecule has 0 N–H and O–H groups in total. The third-order valence-corrected chi connectivity index (χ3v) is 6.59. The number of hydrogen-bond acceptors (Lipinski definition) is 3. The predicted octanol–water partition coefficient (Wildman–Crippen LogP) is 6.12. The maximum Gasteiger partial charge on any atom is 0.323 e. The lowest BCUT2D eigenvalue weighted by Crippen LogP contribution is -2.21. The Hall–Kier alpha value is -2.29. The summed E-state index contributed by atoms with van der Waals surface area (Å²) < 4.78 is 11.1. The summed E-state index contributed by atoms with van der Waals surface area (Å²) in [5.74, 6) is 0.956. The second-order valence-corrected chi connectivity index (χ2v) is 9.04. The van der Waals surface area contributed by atoms with Gasteiger partial charge < -0.3 is 9.47 Å². The topological polar surface area (TPSA) is 35.5 Å². The maximum atomic E-state index is 12.9. The average molecular weight is 381 g/mol. The van der Waals surface area contributed by atoms with Crippen LogP contribution in [0.5, 0.6) is 11.5 Å². The number of rotatable bonds is 6. The zero-order valence-corrected chi connectivity index (χ0v) is 18.2. The third kappa shape index (κ3) is 3.43. The number of benzene rings is 2. The van der Waals surface area contributed by atoms with Gasteiger partial charge in [-0.25, -0.2) is 0 Å². The summed E-state index contributed by atoms with van der Waals surface area (Å²) in [5, 5.41) is 0. The Balaban J connectivity index is 2.22. The lowest BCUT2D eigenvalue weighted by atomic mass is 9.74. The van der Waals surface area contributed by atoms with Gasteiger partial charge in [0.2, 0.25) is 0 Å². The molecule has 1 unspecified atom stereocenters. The van der Waals surface area contributed by atoms with E-state index >= 15 is 0 Å². The van der Waals surface area contributed by atoms with Crippen LogP contribution >= 0.6 is 0 Å². The van der Waals surface area contributed by atoms with Crippen molar-refractivity contribution in [3.8, 4) is 11.5 Å². The molecule has 1 aliphatic rings. The van der Waals surface area contributed by atoms with Crippen molar-refractivity contribution in [3.05, 3.63) is 58.7 Å². The standard InChI is InChI=1S/C25H32O3/c1-8-24(3,4)17-14-19-21(16-10-12-18(27-7)13-11-16)23(26)28-22(19)20(15-17)25(5,6)9-2/h10-15,21H,8-9H2,1-7H3. The maximum absolute atomic E-state index is 12.9. The summed E-state index contributed by atoms with van der Waals surface area (Å²) in [5.41, 5.74) is 4.29. The van der Waals surface area contributed by atoms with Crippen molar-refractivity contribution < 1.29 is 14.3 Å². The molecule has 2 aromatic rings. The first-order valence-corrected chi connectivity index (χ1v) is 10.2. The van der Waals surface area contributed by atoms with Crippen LogP contribution in [0, 0.1) is 0 Å². The summed E-state index contributed by atoms with van der Waals surface area (Å²) in [7, 11) is 1.65. The van der Waals surface area contributed by atoms with Crippen LogP contribution in [0.3, 0.4) is 0 Å². The molecule has 0 fully saturated rings. The Morgan fingerprint density at radius 1 is 0.964 bits per heavy atom. The zero-order valence-electron chi connectivity index (χ0n) is 18.2. The minimum absolute atomic E-state index is 0.0314. The van der Waals surface area contributed by atoms with Crippen LogP contribution < -0.4 is 9.47 Å². The highest BCUT2D eigenvalue weighted by molar-refractivity contribution is 5.90. The quantitative estimate of drug-likeness (QED) is 0.447. The summed E-state index contributed by atoms with van der Waals surface area (Å²) in [6, 6.07) is 12.2. The largest absolute Gasteiger partial charge is 0.497 e. The molecule has 1 heterocycles. The Morgan fingerprint density at radius 2 is 1.57 bits per heavy atom. The first-order valence-electron chi connectivity index (χ1n) is 10.2. The molecule has 1 aliphatic heterocycles. The van der Waals surface area contributed by atoms with E-state index in [1.54, 1.807) is 7.11 Å². The molecular formula is C25H32O3. The number of hydrogen-bond donors (Lipinski definition) is 0. The van der Waals surface area contributed by atoms with E-state index in [4.69, 9.17) is 9.47 Å². The number of methoxy groups -OCH3 is 1. The number of fused-ring (bicyclic) bond motifs is 1. The lowest BCUT2D eigenvalue weighted by Gasteiger charge is -2.30. The van der Waals surface area contributed by atoms with Gasteiger partial charge in [-0.05, 0) is 46.9 Å². The molecule has 150 valence electrons. The van der Waals surface area contributed by atoms with Gasteiger partial charge in [-0.3, -0.25) is 4.79 Å². The van der Waals surface area contributed by atoms with E-state index in [1.807, 2.05) is 24.3 Å². The number of esters is 1. The van der Waals surface area contributed by atoms with Crippen LogP contribution in [-0.4, -0.2) is 13.1 Å². The number of ether oxygens (including phenoxy) is 2. The summed E-state index contributed by atoms with van der Waals surface area (Å²) in [4.78, 5) is 12.9. The van der Waals surface area contributed by atoms with E-state index < -0.39 is 0 Å². The van der Waals surface area contributed by atoms with Gasteiger partial charge in [-0.15, -0.1) is 0 Å². The van der Waals surface area contributed by atoms with Gasteiger partial charge in [0.25, 0.3) is 0 Å². The monoisotopic (exact) mass is 380 g/mol. The van der Waals surface area contributed by atoms with Crippen LogP contribution in [0.15, 0.2) is 36.4 Å². The first-order chi connectivity index (χ1) is 13.1. The van der Waals surface area contributed by atoms with E-state index in [2.05, 4.69) is 53.7 Å². The second-order valence-electron chi connectivity index (χ2n) is 9.04. The molecule has 0 aliphatic carbocycles. The normalized spacial score (nSPS) is 16.7. The van der Waals surface area contributed by atoms with Crippen molar-refractivity contribution in [2.45, 2.75) is 71.1 Å². The second kappa shape index (κ2) is 7.27. The van der Waals surface area contributed by atoms with Crippen molar-refractivity contribution in [2.24, 2.45) is 0 Å². The molecule has 0 aromatic heterocycles. The number of carbonyl (C=O) groups is 1. The Morgan fingerprint density at radius 3 is 2.11 bits per heavy atom. The molecule has 0 spiro atoms. The fraction of sp³-hybridized carbons (Fsp3) is 0.480. The van der Waals surface area contributed by atoms with Crippen LogP contribution in [0.4, 0.5) is 0 Å². The highest BCUT2D eigenvalue weighted by Crippen LogP contribution is 2.48. The molecule has 0 radical (unpaired) electrons. The molecule has 0 bridgehead atoms. The molecule has 0 saturated carbocycles. The van der Waals surface area contributed by atoms with E-state index in [1.165, 1.54) is 5.56 Å². The SMILES string of the molecule is CCC(C)(C)c1cc2c(c(C(C)(C)CC)c1)OC(=O)C2c1ccc(OC)cc1. The third-order valence-electron chi connectivity index (χ3n) is 6.59. The molecule has 0 saturated heterocycles. The molecule has 3 heteroatoms. The van der Waals surface area contributed by atoms with Crippen molar-refractivity contribution in [2.75, 3.05) is 7.11 Å². The Labute approximate surface area is 169 Å². The first kappa shape index (κ1) is 20.4. The minimum atomic E-state index is -0.389. The Kier molecular flexibility index (Phi) is 5.31. The van der Waals surface area contributed by atoms with Gasteiger partial charge in [-0.2, -0.15) is 0 Å². The van der Waals surface area contributed by atoms with E-state index in [9.17, 15) is 4.79 Å². The number of carbonyl (C=O) groups excluding carboxylic acids is 1. The Bertz CT molecular complexity index is 875. The van der Waals surface area contributed by atoms with Crippen LogP contribution in [0.2, 0.25) is 0 Å². The molecular weight excluding hydrogens is 348 g/mol. The molecule has 3 nitrogen and oxygen atoms in total. The summed E-state index contributed by atoms with van der Waals surface area (Å²) in [6.07, 6.45) is 2.00. The van der Waals surface area contributed by atoms with Crippen LogP contribution in [0.1, 0.15) is 82.6 Å². The average Bonchev–Trinajstić information content (AvgIpc) is 3.02. The van der Waals surface area contributed by atoms with Crippen molar-refractivity contribution >= 4 is 5.97 Å². The van der Waals surface area contributed by atoms with Crippen LogP contribution in [-0.2, 0) is 15.6 Å². The van der Waals surface area contributed by atoms with Crippen molar-refractivity contribution in [3.63, 3.8) is 0 Å². The van der Waals surface area contributed by atoms with Gasteiger partial charge in [-0.1, -0.05) is 65.8 Å².